The van der Waals surface area contributed by atoms with Gasteiger partial charge in [0.05, 0.1) is 12.3 Å². The van der Waals surface area contributed by atoms with Crippen LogP contribution in [-0.2, 0) is 31.0 Å². The van der Waals surface area contributed by atoms with Crippen molar-refractivity contribution in [1.29, 1.82) is 0 Å². The Morgan fingerprint density at radius 2 is 1.80 bits per heavy atom. The Labute approximate surface area is 123 Å². The van der Waals surface area contributed by atoms with Crippen molar-refractivity contribution >= 4 is 11.8 Å². The molecule has 1 aliphatic carbocycles. The molecule has 0 amide bonds. The number of aliphatic hydroxyl groups is 1. The maximum Gasteiger partial charge on any atom is 0.140 e. The molecule has 0 bridgehead atoms. The van der Waals surface area contributed by atoms with E-state index in [2.05, 4.69) is 17.3 Å². The van der Waals surface area contributed by atoms with Crippen LogP contribution >= 0.6 is 11.8 Å². The van der Waals surface area contributed by atoms with Gasteiger partial charge < -0.3 is 9.63 Å². The quantitative estimate of drug-likeness (QED) is 0.915. The minimum Gasteiger partial charge on any atom is -0.392 e. The number of thioether (sulfide) groups is 1. The number of nitrogens with zero attached hydrogens (tertiary/aromatic N) is 1. The number of aliphatic hydroxyl groups excluding tert-OH is 1. The Hall–Kier alpha value is -1.26. The molecule has 0 saturated heterocycles. The van der Waals surface area contributed by atoms with E-state index in [9.17, 15) is 0 Å². The molecule has 0 fully saturated rings. The molecule has 1 aliphatic rings. The van der Waals surface area contributed by atoms with Crippen LogP contribution in [0.25, 0.3) is 0 Å². The SMILES string of the molecule is OCc1ccc(CSCc2noc3c2CCCC3)cc1. The Morgan fingerprint density at radius 3 is 2.60 bits per heavy atom. The van der Waals surface area contributed by atoms with E-state index in [0.29, 0.717) is 0 Å². The highest BCUT2D eigenvalue weighted by molar-refractivity contribution is 7.97. The summed E-state index contributed by atoms with van der Waals surface area (Å²) in [5, 5.41) is 13.2. The number of fused-ring (bicyclic) bond motifs is 1. The Balaban J connectivity index is 1.55. The van der Waals surface area contributed by atoms with E-state index < -0.39 is 0 Å². The highest BCUT2D eigenvalue weighted by Gasteiger charge is 2.18. The normalized spacial score (nSPS) is 14.2. The third kappa shape index (κ3) is 3.07. The molecule has 106 valence electrons. The summed E-state index contributed by atoms with van der Waals surface area (Å²) in [6.07, 6.45) is 4.66. The van der Waals surface area contributed by atoms with Gasteiger partial charge in [-0.1, -0.05) is 29.4 Å². The molecule has 20 heavy (non-hydrogen) atoms. The number of rotatable bonds is 5. The van der Waals surface area contributed by atoms with Crippen molar-refractivity contribution in [3.63, 3.8) is 0 Å². The standard InChI is InChI=1S/C16H19NO2S/c18-9-12-5-7-13(8-6-12)10-20-11-15-14-3-1-2-4-16(14)19-17-15/h5-8,18H,1-4,9-11H2. The van der Waals surface area contributed by atoms with Crippen LogP contribution in [0.5, 0.6) is 0 Å². The van der Waals surface area contributed by atoms with Crippen molar-refractivity contribution in [2.75, 3.05) is 0 Å². The van der Waals surface area contributed by atoms with Gasteiger partial charge >= 0.3 is 0 Å². The largest absolute Gasteiger partial charge is 0.392 e. The van der Waals surface area contributed by atoms with Gasteiger partial charge in [-0.2, -0.15) is 11.8 Å². The molecule has 0 aliphatic heterocycles. The lowest BCUT2D eigenvalue weighted by molar-refractivity contribution is 0.282. The third-order valence-corrected chi connectivity index (χ3v) is 4.76. The highest BCUT2D eigenvalue weighted by Crippen LogP contribution is 2.27. The second-order valence-corrected chi connectivity index (χ2v) is 6.19. The molecule has 4 heteroatoms. The molecule has 0 spiro atoms. The van der Waals surface area contributed by atoms with E-state index in [0.717, 1.165) is 41.4 Å². The van der Waals surface area contributed by atoms with Gasteiger partial charge in [0.25, 0.3) is 0 Å². The minimum absolute atomic E-state index is 0.110. The van der Waals surface area contributed by atoms with Gasteiger partial charge in [-0.25, -0.2) is 0 Å². The second kappa shape index (κ2) is 6.46. The van der Waals surface area contributed by atoms with Gasteiger partial charge in [0, 0.05) is 23.5 Å². The molecule has 1 heterocycles. The first-order chi connectivity index (χ1) is 9.86. The van der Waals surface area contributed by atoms with Crippen molar-refractivity contribution in [1.82, 2.24) is 5.16 Å². The Kier molecular flexibility index (Phi) is 4.43. The number of hydrogen-bond donors (Lipinski definition) is 1. The van der Waals surface area contributed by atoms with Crippen LogP contribution in [0.1, 0.15) is 41.0 Å². The van der Waals surface area contributed by atoms with Crippen LogP contribution in [-0.4, -0.2) is 10.3 Å². The van der Waals surface area contributed by atoms with Crippen LogP contribution in [0, 0.1) is 0 Å². The molecule has 2 aromatic rings. The van der Waals surface area contributed by atoms with Gasteiger partial charge in [-0.3, -0.25) is 0 Å². The summed E-state index contributed by atoms with van der Waals surface area (Å²) < 4.78 is 5.43. The molecule has 0 radical (unpaired) electrons. The zero-order valence-corrected chi connectivity index (χ0v) is 12.3. The molecular weight excluding hydrogens is 270 g/mol. The maximum atomic E-state index is 9.02. The number of aryl methyl sites for hydroxylation is 1. The van der Waals surface area contributed by atoms with Crippen molar-refractivity contribution in [2.45, 2.75) is 43.8 Å². The van der Waals surface area contributed by atoms with Crippen LogP contribution in [0.4, 0.5) is 0 Å². The van der Waals surface area contributed by atoms with Gasteiger partial charge in [-0.05, 0) is 30.4 Å². The van der Waals surface area contributed by atoms with E-state index in [1.165, 1.54) is 24.0 Å². The first-order valence-corrected chi connectivity index (χ1v) is 8.25. The molecule has 0 saturated carbocycles. The predicted molar refractivity (Wildman–Crippen MR) is 80.5 cm³/mol. The smallest absolute Gasteiger partial charge is 0.140 e. The molecule has 0 atom stereocenters. The summed E-state index contributed by atoms with van der Waals surface area (Å²) in [6, 6.07) is 8.12. The number of hydrogen-bond acceptors (Lipinski definition) is 4. The monoisotopic (exact) mass is 289 g/mol. The predicted octanol–water partition coefficient (Wildman–Crippen LogP) is 3.48. The Bertz CT molecular complexity index is 562. The van der Waals surface area contributed by atoms with Gasteiger partial charge in [0.15, 0.2) is 0 Å². The highest BCUT2D eigenvalue weighted by atomic mass is 32.2. The lowest BCUT2D eigenvalue weighted by Crippen LogP contribution is -2.01. The Morgan fingerprint density at radius 1 is 1.05 bits per heavy atom. The summed E-state index contributed by atoms with van der Waals surface area (Å²) in [5.74, 6) is 2.99. The minimum atomic E-state index is 0.110. The van der Waals surface area contributed by atoms with E-state index in [1.807, 2.05) is 23.9 Å². The molecule has 0 unspecified atom stereocenters. The van der Waals surface area contributed by atoms with Gasteiger partial charge in [0.2, 0.25) is 0 Å². The topological polar surface area (TPSA) is 46.3 Å². The molecule has 3 rings (SSSR count). The van der Waals surface area contributed by atoms with E-state index in [1.54, 1.807) is 0 Å². The molecule has 1 aromatic heterocycles. The summed E-state index contributed by atoms with van der Waals surface area (Å²) >= 11 is 1.87. The van der Waals surface area contributed by atoms with Crippen LogP contribution in [0.15, 0.2) is 28.8 Å². The zero-order chi connectivity index (χ0) is 13.8. The van der Waals surface area contributed by atoms with Crippen molar-refractivity contribution in [3.05, 3.63) is 52.4 Å². The number of aromatic nitrogens is 1. The molecule has 1 N–H and O–H groups in total. The zero-order valence-electron chi connectivity index (χ0n) is 11.5. The first-order valence-electron chi connectivity index (χ1n) is 7.09. The van der Waals surface area contributed by atoms with Crippen LogP contribution in [0.2, 0.25) is 0 Å². The van der Waals surface area contributed by atoms with E-state index in [-0.39, 0.29) is 6.61 Å². The summed E-state index contributed by atoms with van der Waals surface area (Å²) in [6.45, 7) is 0.110. The maximum absolute atomic E-state index is 9.02. The molecular formula is C16H19NO2S. The van der Waals surface area contributed by atoms with Crippen LogP contribution in [0.3, 0.4) is 0 Å². The fourth-order valence-electron chi connectivity index (χ4n) is 2.57. The summed E-state index contributed by atoms with van der Waals surface area (Å²) in [7, 11) is 0. The lowest BCUT2D eigenvalue weighted by atomic mass is 9.97. The molecule has 1 aromatic carbocycles. The second-order valence-electron chi connectivity index (χ2n) is 5.21. The lowest BCUT2D eigenvalue weighted by Gasteiger charge is -2.09. The van der Waals surface area contributed by atoms with E-state index in [4.69, 9.17) is 9.63 Å². The first kappa shape index (κ1) is 13.7. The summed E-state index contributed by atoms with van der Waals surface area (Å²) in [4.78, 5) is 0. The average Bonchev–Trinajstić information content (AvgIpc) is 2.92. The van der Waals surface area contributed by atoms with Gasteiger partial charge in [-0.15, -0.1) is 0 Å². The van der Waals surface area contributed by atoms with Crippen molar-refractivity contribution in [3.8, 4) is 0 Å². The van der Waals surface area contributed by atoms with Crippen LogP contribution < -0.4 is 0 Å². The third-order valence-electron chi connectivity index (χ3n) is 3.74. The van der Waals surface area contributed by atoms with Crippen molar-refractivity contribution < 1.29 is 9.63 Å². The van der Waals surface area contributed by atoms with Crippen molar-refractivity contribution in [2.24, 2.45) is 0 Å². The fraction of sp³-hybridized carbons (Fsp3) is 0.438. The van der Waals surface area contributed by atoms with Gasteiger partial charge in [0.1, 0.15) is 5.76 Å². The fourth-order valence-corrected chi connectivity index (χ4v) is 3.52. The summed E-state index contributed by atoms with van der Waals surface area (Å²) in [5.41, 5.74) is 4.74. The number of benzene rings is 1. The molecule has 3 nitrogen and oxygen atoms in total. The average molecular weight is 289 g/mol. The van der Waals surface area contributed by atoms with E-state index >= 15 is 0 Å².